The normalized spacial score (nSPS) is 12.2. The van der Waals surface area contributed by atoms with E-state index in [2.05, 4.69) is 15.1 Å². The fourth-order valence-corrected chi connectivity index (χ4v) is 4.19. The predicted octanol–water partition coefficient (Wildman–Crippen LogP) is 5.39. The van der Waals surface area contributed by atoms with Gasteiger partial charge in [-0.25, -0.2) is 0 Å². The molecule has 0 aliphatic heterocycles. The fraction of sp³-hybridized carbons (Fsp3) is 0.160. The maximum absolute atomic E-state index is 13.8. The van der Waals surface area contributed by atoms with Gasteiger partial charge in [0, 0.05) is 45.1 Å². The van der Waals surface area contributed by atoms with Crippen molar-refractivity contribution in [3.8, 4) is 5.75 Å². The minimum Gasteiger partial charge on any atom is -0.497 e. The Labute approximate surface area is 195 Å². The van der Waals surface area contributed by atoms with Crippen LogP contribution >= 0.6 is 11.6 Å². The maximum Gasteiger partial charge on any atom is 0.242 e. The summed E-state index contributed by atoms with van der Waals surface area (Å²) in [5, 5.41) is 5.56. The number of aromatic nitrogens is 4. The van der Waals surface area contributed by atoms with Gasteiger partial charge in [0.1, 0.15) is 11.7 Å². The molecule has 1 unspecified atom stereocenters. The summed E-state index contributed by atoms with van der Waals surface area (Å²) < 4.78 is 13.0. The van der Waals surface area contributed by atoms with Crippen molar-refractivity contribution in [2.24, 2.45) is 0 Å². The number of fused-ring (bicyclic) bond motifs is 1. The van der Waals surface area contributed by atoms with Gasteiger partial charge in [0.05, 0.1) is 13.7 Å². The van der Waals surface area contributed by atoms with E-state index in [1.165, 1.54) is 0 Å². The van der Waals surface area contributed by atoms with Crippen molar-refractivity contribution in [1.82, 2.24) is 19.7 Å². The highest BCUT2D eigenvalue weighted by Crippen LogP contribution is 2.37. The van der Waals surface area contributed by atoms with E-state index in [0.717, 1.165) is 22.2 Å². The first kappa shape index (κ1) is 21.0. The summed E-state index contributed by atoms with van der Waals surface area (Å²) in [7, 11) is 1.61. The summed E-state index contributed by atoms with van der Waals surface area (Å²) in [6, 6.07) is 16.4. The van der Waals surface area contributed by atoms with Crippen LogP contribution in [-0.4, -0.2) is 32.6 Å². The van der Waals surface area contributed by atoms with Gasteiger partial charge in [-0.3, -0.25) is 4.79 Å². The van der Waals surface area contributed by atoms with Gasteiger partial charge in [0.25, 0.3) is 0 Å². The third-order valence-corrected chi connectivity index (χ3v) is 5.90. The number of benzene rings is 2. The Morgan fingerprint density at radius 2 is 1.94 bits per heavy atom. The van der Waals surface area contributed by atoms with Crippen LogP contribution in [0.3, 0.4) is 0 Å². The fourth-order valence-electron chi connectivity index (χ4n) is 4.06. The number of methoxy groups -OCH3 is 1. The summed E-state index contributed by atoms with van der Waals surface area (Å²) in [6.07, 6.45) is 3.84. The van der Waals surface area contributed by atoms with Crippen LogP contribution in [0.25, 0.3) is 10.9 Å². The van der Waals surface area contributed by atoms with Gasteiger partial charge in [-0.1, -0.05) is 16.8 Å². The molecule has 5 aromatic rings. The number of aryl methyl sites for hydroxylation is 1. The average molecular weight is 461 g/mol. The molecule has 33 heavy (non-hydrogen) atoms. The number of carbonyl (C=O) groups excluding carboxylic acids is 1. The first-order valence-corrected chi connectivity index (χ1v) is 10.8. The monoisotopic (exact) mass is 460 g/mol. The molecule has 1 N–H and O–H groups in total. The number of nitrogens with one attached hydrogen (secondary N) is 1. The average Bonchev–Trinajstić information content (AvgIpc) is 3.56. The second-order valence-corrected chi connectivity index (χ2v) is 8.22. The Morgan fingerprint density at radius 1 is 1.18 bits per heavy atom. The number of ketones is 1. The lowest BCUT2D eigenvalue weighted by molar-refractivity contribution is 0.0961. The van der Waals surface area contributed by atoms with Crippen molar-refractivity contribution in [3.05, 3.63) is 101 Å². The second-order valence-electron chi connectivity index (χ2n) is 7.78. The first-order chi connectivity index (χ1) is 16.0. The Bertz CT molecular complexity index is 1420. The van der Waals surface area contributed by atoms with E-state index in [-0.39, 0.29) is 11.7 Å². The van der Waals surface area contributed by atoms with Crippen LogP contribution in [0.2, 0.25) is 5.02 Å². The smallest absolute Gasteiger partial charge is 0.242 e. The van der Waals surface area contributed by atoms with E-state index in [9.17, 15) is 4.79 Å². The predicted molar refractivity (Wildman–Crippen MR) is 125 cm³/mol. The van der Waals surface area contributed by atoms with E-state index in [1.807, 2.05) is 54.2 Å². The van der Waals surface area contributed by atoms with E-state index < -0.39 is 5.92 Å². The standard InChI is InChI=1S/C25H21ClN4O3/c1-15-22(19-13-18(32-2)9-10-20(19)27-15)23(24(31)16-5-7-17(26)8-6-16)25-28-21(29-33-25)14-30-11-3-4-12-30/h3-13,23,27H,14H2,1-2H3. The van der Waals surface area contributed by atoms with Gasteiger partial charge in [0.15, 0.2) is 11.6 Å². The van der Waals surface area contributed by atoms with E-state index >= 15 is 0 Å². The van der Waals surface area contributed by atoms with Gasteiger partial charge in [0.2, 0.25) is 5.89 Å². The number of Topliss-reactive ketones (excluding diaryl/α,β-unsaturated/α-hetero) is 1. The molecule has 3 aromatic heterocycles. The van der Waals surface area contributed by atoms with Crippen molar-refractivity contribution in [2.75, 3.05) is 7.11 Å². The maximum atomic E-state index is 13.8. The lowest BCUT2D eigenvalue weighted by atomic mass is 9.88. The summed E-state index contributed by atoms with van der Waals surface area (Å²) in [4.78, 5) is 21.8. The van der Waals surface area contributed by atoms with Crippen molar-refractivity contribution < 1.29 is 14.1 Å². The van der Waals surface area contributed by atoms with Gasteiger partial charge >= 0.3 is 0 Å². The highest BCUT2D eigenvalue weighted by Gasteiger charge is 2.33. The third-order valence-electron chi connectivity index (χ3n) is 5.64. The zero-order valence-corrected chi connectivity index (χ0v) is 18.8. The van der Waals surface area contributed by atoms with Gasteiger partial charge < -0.3 is 18.8 Å². The van der Waals surface area contributed by atoms with Crippen LogP contribution in [0, 0.1) is 6.92 Å². The van der Waals surface area contributed by atoms with E-state index in [4.69, 9.17) is 20.9 Å². The third kappa shape index (κ3) is 4.03. The van der Waals surface area contributed by atoms with E-state index in [1.54, 1.807) is 31.4 Å². The molecule has 7 nitrogen and oxygen atoms in total. The zero-order chi connectivity index (χ0) is 22.9. The number of halogens is 1. The zero-order valence-electron chi connectivity index (χ0n) is 18.1. The molecular weight excluding hydrogens is 440 g/mol. The Hall–Kier alpha value is -3.84. The van der Waals surface area contributed by atoms with E-state index in [0.29, 0.717) is 28.7 Å². The number of aromatic amines is 1. The van der Waals surface area contributed by atoms with Crippen molar-refractivity contribution in [2.45, 2.75) is 19.4 Å². The van der Waals surface area contributed by atoms with Crippen LogP contribution in [0.5, 0.6) is 5.75 Å². The lowest BCUT2D eigenvalue weighted by Crippen LogP contribution is -2.16. The minimum absolute atomic E-state index is 0.158. The number of carbonyl (C=O) groups is 1. The molecule has 0 saturated heterocycles. The molecular formula is C25H21ClN4O3. The van der Waals surface area contributed by atoms with Crippen molar-refractivity contribution in [1.29, 1.82) is 0 Å². The largest absolute Gasteiger partial charge is 0.497 e. The number of nitrogens with zero attached hydrogens (tertiary/aromatic N) is 3. The SMILES string of the molecule is COc1ccc2[nH]c(C)c(C(C(=O)c3ccc(Cl)cc3)c3nc(Cn4cccc4)no3)c2c1. The molecule has 0 aliphatic rings. The van der Waals surface area contributed by atoms with Crippen LogP contribution in [0.1, 0.15) is 39.2 Å². The summed E-state index contributed by atoms with van der Waals surface area (Å²) in [6.45, 7) is 2.38. The van der Waals surface area contributed by atoms with Gasteiger partial charge in [-0.05, 0) is 61.5 Å². The number of hydrogen-bond acceptors (Lipinski definition) is 5. The molecule has 166 valence electrons. The number of hydrogen-bond donors (Lipinski definition) is 1. The molecule has 0 saturated carbocycles. The molecule has 0 amide bonds. The molecule has 8 heteroatoms. The summed E-state index contributed by atoms with van der Waals surface area (Å²) >= 11 is 6.05. The summed E-state index contributed by atoms with van der Waals surface area (Å²) in [5.74, 6) is 0.473. The number of ether oxygens (including phenoxy) is 1. The number of rotatable bonds is 7. The first-order valence-electron chi connectivity index (χ1n) is 10.4. The molecule has 3 heterocycles. The minimum atomic E-state index is -0.794. The number of H-pyrrole nitrogens is 1. The van der Waals surface area contributed by atoms with Gasteiger partial charge in [-0.15, -0.1) is 0 Å². The molecule has 0 bridgehead atoms. The highest BCUT2D eigenvalue weighted by molar-refractivity contribution is 6.30. The molecule has 0 aliphatic carbocycles. The van der Waals surface area contributed by atoms with Crippen LogP contribution < -0.4 is 4.74 Å². The van der Waals surface area contributed by atoms with Crippen LogP contribution in [-0.2, 0) is 6.54 Å². The molecule has 5 rings (SSSR count). The Morgan fingerprint density at radius 3 is 2.67 bits per heavy atom. The Balaban J connectivity index is 1.64. The van der Waals surface area contributed by atoms with Crippen LogP contribution in [0.4, 0.5) is 0 Å². The summed E-state index contributed by atoms with van der Waals surface area (Å²) in [5.41, 5.74) is 3.02. The van der Waals surface area contributed by atoms with Crippen molar-refractivity contribution in [3.63, 3.8) is 0 Å². The topological polar surface area (TPSA) is 85.9 Å². The lowest BCUT2D eigenvalue weighted by Gasteiger charge is -2.13. The molecule has 1 atom stereocenters. The van der Waals surface area contributed by atoms with Gasteiger partial charge in [-0.2, -0.15) is 4.98 Å². The quantitative estimate of drug-likeness (QED) is 0.329. The molecule has 2 aromatic carbocycles. The highest BCUT2D eigenvalue weighted by atomic mass is 35.5. The van der Waals surface area contributed by atoms with Crippen LogP contribution in [0.15, 0.2) is 71.5 Å². The molecule has 0 radical (unpaired) electrons. The molecule has 0 fully saturated rings. The molecule has 0 spiro atoms. The second kappa shape index (κ2) is 8.60. The Kier molecular flexibility index (Phi) is 5.48. The van der Waals surface area contributed by atoms with Crippen molar-refractivity contribution >= 4 is 28.3 Å².